The van der Waals surface area contributed by atoms with Gasteiger partial charge in [-0.15, -0.1) is 0 Å². The van der Waals surface area contributed by atoms with Crippen LogP contribution < -0.4 is 5.32 Å². The third-order valence-electron chi connectivity index (χ3n) is 3.68. The van der Waals surface area contributed by atoms with Crippen LogP contribution in [0.3, 0.4) is 0 Å². The van der Waals surface area contributed by atoms with Crippen molar-refractivity contribution in [3.63, 3.8) is 0 Å². The first-order valence-corrected chi connectivity index (χ1v) is 7.46. The van der Waals surface area contributed by atoms with Gasteiger partial charge in [-0.2, -0.15) is 0 Å². The van der Waals surface area contributed by atoms with E-state index in [1.54, 1.807) is 0 Å². The number of ether oxygens (including phenoxy) is 1. The van der Waals surface area contributed by atoms with E-state index in [1.165, 1.54) is 16.8 Å². The minimum absolute atomic E-state index is 0.585. The minimum Gasteiger partial charge on any atom is -0.382 e. The summed E-state index contributed by atoms with van der Waals surface area (Å²) in [6.45, 7) is 10.7. The van der Waals surface area contributed by atoms with Crippen LogP contribution in [0.15, 0.2) is 22.9 Å². The van der Waals surface area contributed by atoms with Gasteiger partial charge in [0.15, 0.2) is 0 Å². The molecule has 2 heteroatoms. The summed E-state index contributed by atoms with van der Waals surface area (Å²) >= 11 is 0. The summed E-state index contributed by atoms with van der Waals surface area (Å²) in [4.78, 5) is 0. The second kappa shape index (κ2) is 8.36. The van der Waals surface area contributed by atoms with E-state index in [9.17, 15) is 0 Å². The number of rotatable bonds is 6. The first-order chi connectivity index (χ1) is 8.72. The van der Waals surface area contributed by atoms with Crippen molar-refractivity contribution in [1.82, 2.24) is 5.32 Å². The zero-order chi connectivity index (χ0) is 13.4. The predicted molar refractivity (Wildman–Crippen MR) is 78.6 cm³/mol. The Kier molecular flexibility index (Phi) is 7.11. The predicted octanol–water partition coefficient (Wildman–Crippen LogP) is 4.19. The molecule has 1 aliphatic rings. The third-order valence-corrected chi connectivity index (χ3v) is 3.68. The summed E-state index contributed by atoms with van der Waals surface area (Å²) in [5.74, 6) is 0. The van der Waals surface area contributed by atoms with Crippen LogP contribution in [0.2, 0.25) is 0 Å². The van der Waals surface area contributed by atoms with Crippen molar-refractivity contribution < 1.29 is 4.74 Å². The molecule has 0 radical (unpaired) electrons. The lowest BCUT2D eigenvalue weighted by molar-refractivity contribution is 0.0804. The van der Waals surface area contributed by atoms with E-state index in [-0.39, 0.29) is 0 Å². The van der Waals surface area contributed by atoms with E-state index < -0.39 is 0 Å². The zero-order valence-electron chi connectivity index (χ0n) is 12.5. The molecule has 104 valence electrons. The summed E-state index contributed by atoms with van der Waals surface area (Å²) in [6, 6.07) is 0.585. The Hall–Kier alpha value is -0.760. The van der Waals surface area contributed by atoms with Gasteiger partial charge < -0.3 is 10.1 Å². The molecule has 0 unspecified atom stereocenters. The lowest BCUT2D eigenvalue weighted by Gasteiger charge is -2.28. The Morgan fingerprint density at radius 2 is 1.83 bits per heavy atom. The maximum absolute atomic E-state index is 5.43. The molecule has 0 aromatic rings. The second-order valence-electron chi connectivity index (χ2n) is 5.03. The molecule has 0 amide bonds. The SMILES string of the molecule is CC/C=C(CC)/C(NC1CCOCC1)=C(/C)CC. The number of allylic oxidation sites excluding steroid dienone is 3. The van der Waals surface area contributed by atoms with E-state index in [1.807, 2.05) is 0 Å². The van der Waals surface area contributed by atoms with Gasteiger partial charge in [0, 0.05) is 25.0 Å². The van der Waals surface area contributed by atoms with E-state index >= 15 is 0 Å². The molecular formula is C16H29NO. The summed E-state index contributed by atoms with van der Waals surface area (Å²) in [5.41, 5.74) is 4.35. The summed E-state index contributed by atoms with van der Waals surface area (Å²) in [7, 11) is 0. The molecule has 0 aliphatic carbocycles. The van der Waals surface area contributed by atoms with Crippen LogP contribution in [0.4, 0.5) is 0 Å². The molecule has 1 heterocycles. The summed E-state index contributed by atoms with van der Waals surface area (Å²) in [6.07, 6.45) is 7.95. The largest absolute Gasteiger partial charge is 0.382 e. The molecule has 1 saturated heterocycles. The van der Waals surface area contributed by atoms with Crippen molar-refractivity contribution >= 4 is 0 Å². The maximum atomic E-state index is 5.43. The van der Waals surface area contributed by atoms with Gasteiger partial charge in [0.1, 0.15) is 0 Å². The highest BCUT2D eigenvalue weighted by atomic mass is 16.5. The average Bonchev–Trinajstić information content (AvgIpc) is 2.43. The third kappa shape index (κ3) is 4.49. The lowest BCUT2D eigenvalue weighted by Crippen LogP contribution is -2.35. The number of hydrogen-bond acceptors (Lipinski definition) is 2. The fraction of sp³-hybridized carbons (Fsp3) is 0.750. The van der Waals surface area contributed by atoms with Crippen molar-refractivity contribution in [1.29, 1.82) is 0 Å². The first kappa shape index (κ1) is 15.3. The maximum Gasteiger partial charge on any atom is 0.0485 e. The van der Waals surface area contributed by atoms with Crippen LogP contribution in [-0.4, -0.2) is 19.3 Å². The number of hydrogen-bond donors (Lipinski definition) is 1. The molecule has 1 fully saturated rings. The molecule has 1 rings (SSSR count). The molecule has 0 atom stereocenters. The highest BCUT2D eigenvalue weighted by Gasteiger charge is 2.16. The normalized spacial score (nSPS) is 19.7. The van der Waals surface area contributed by atoms with Gasteiger partial charge in [0.25, 0.3) is 0 Å². The molecule has 18 heavy (non-hydrogen) atoms. The summed E-state index contributed by atoms with van der Waals surface area (Å²) < 4.78 is 5.43. The monoisotopic (exact) mass is 251 g/mol. The van der Waals surface area contributed by atoms with Crippen LogP contribution in [0, 0.1) is 0 Å². The second-order valence-corrected chi connectivity index (χ2v) is 5.03. The Morgan fingerprint density at radius 3 is 2.33 bits per heavy atom. The quantitative estimate of drug-likeness (QED) is 0.715. The fourth-order valence-corrected chi connectivity index (χ4v) is 2.38. The molecule has 0 aromatic carbocycles. The Labute approximate surface area is 112 Å². The van der Waals surface area contributed by atoms with Gasteiger partial charge >= 0.3 is 0 Å². The van der Waals surface area contributed by atoms with Crippen molar-refractivity contribution in [3.05, 3.63) is 22.9 Å². The molecule has 1 N–H and O–H groups in total. The van der Waals surface area contributed by atoms with Gasteiger partial charge in [0.05, 0.1) is 0 Å². The van der Waals surface area contributed by atoms with Crippen LogP contribution in [0.1, 0.15) is 59.8 Å². The highest BCUT2D eigenvalue weighted by Crippen LogP contribution is 2.21. The molecule has 2 nitrogen and oxygen atoms in total. The van der Waals surface area contributed by atoms with Crippen LogP contribution >= 0.6 is 0 Å². The molecule has 0 spiro atoms. The van der Waals surface area contributed by atoms with Crippen molar-refractivity contribution in [2.24, 2.45) is 0 Å². The van der Waals surface area contributed by atoms with E-state index in [0.29, 0.717) is 6.04 Å². The molecule has 0 aromatic heterocycles. The van der Waals surface area contributed by atoms with Crippen molar-refractivity contribution in [2.45, 2.75) is 65.8 Å². The Balaban J connectivity index is 2.81. The topological polar surface area (TPSA) is 21.3 Å². The van der Waals surface area contributed by atoms with Gasteiger partial charge in [-0.3, -0.25) is 0 Å². The minimum atomic E-state index is 0.585. The van der Waals surface area contributed by atoms with Gasteiger partial charge in [-0.05, 0) is 44.6 Å². The molecule has 0 saturated carbocycles. The smallest absolute Gasteiger partial charge is 0.0485 e. The van der Waals surface area contributed by atoms with Gasteiger partial charge in [-0.25, -0.2) is 0 Å². The van der Waals surface area contributed by atoms with Crippen molar-refractivity contribution in [2.75, 3.05) is 13.2 Å². The standard InChI is InChI=1S/C16H29NO/c1-5-8-14(7-3)16(13(4)6-2)17-15-9-11-18-12-10-15/h8,15,17H,5-7,9-12H2,1-4H3/b14-8+,16-13+. The molecule has 1 aliphatic heterocycles. The summed E-state index contributed by atoms with van der Waals surface area (Å²) in [5, 5.41) is 3.77. The van der Waals surface area contributed by atoms with E-state index in [0.717, 1.165) is 45.3 Å². The van der Waals surface area contributed by atoms with Gasteiger partial charge in [-0.1, -0.05) is 32.4 Å². The molecule has 0 bridgehead atoms. The van der Waals surface area contributed by atoms with Crippen molar-refractivity contribution in [3.8, 4) is 0 Å². The van der Waals surface area contributed by atoms with Gasteiger partial charge in [0.2, 0.25) is 0 Å². The Bertz CT molecular complexity index is 298. The van der Waals surface area contributed by atoms with E-state index in [4.69, 9.17) is 4.74 Å². The lowest BCUT2D eigenvalue weighted by atomic mass is 10.00. The molecular weight excluding hydrogens is 222 g/mol. The Morgan fingerprint density at radius 1 is 1.17 bits per heavy atom. The average molecular weight is 251 g/mol. The zero-order valence-corrected chi connectivity index (χ0v) is 12.5. The van der Waals surface area contributed by atoms with Crippen LogP contribution in [0.25, 0.3) is 0 Å². The van der Waals surface area contributed by atoms with E-state index in [2.05, 4.69) is 39.1 Å². The first-order valence-electron chi connectivity index (χ1n) is 7.46. The van der Waals surface area contributed by atoms with Crippen LogP contribution in [-0.2, 0) is 4.74 Å². The van der Waals surface area contributed by atoms with Crippen LogP contribution in [0.5, 0.6) is 0 Å². The highest BCUT2D eigenvalue weighted by molar-refractivity contribution is 5.33. The number of nitrogens with one attached hydrogen (secondary N) is 1. The fourth-order valence-electron chi connectivity index (χ4n) is 2.38.